The van der Waals surface area contributed by atoms with Gasteiger partial charge in [-0.2, -0.15) is 0 Å². The molecule has 4 rings (SSSR count). The molecule has 0 radical (unpaired) electrons. The normalized spacial score (nSPS) is 17.4. The first-order valence-corrected chi connectivity index (χ1v) is 9.76. The van der Waals surface area contributed by atoms with Crippen molar-refractivity contribution in [1.29, 1.82) is 0 Å². The monoisotopic (exact) mass is 393 g/mol. The van der Waals surface area contributed by atoms with Crippen molar-refractivity contribution >= 4 is 17.7 Å². The lowest BCUT2D eigenvalue weighted by Gasteiger charge is -2.44. The Kier molecular flexibility index (Phi) is 4.86. The second kappa shape index (κ2) is 7.35. The fourth-order valence-electron chi connectivity index (χ4n) is 4.05. The van der Waals surface area contributed by atoms with Gasteiger partial charge in [-0.1, -0.05) is 17.7 Å². The predicted octanol–water partition coefficient (Wildman–Crippen LogP) is 3.56. The van der Waals surface area contributed by atoms with Gasteiger partial charge in [0.1, 0.15) is 17.1 Å². The van der Waals surface area contributed by atoms with E-state index < -0.39 is 11.6 Å². The molecule has 0 N–H and O–H groups in total. The zero-order valence-corrected chi connectivity index (χ0v) is 16.6. The average Bonchev–Trinajstić information content (AvgIpc) is 2.68. The summed E-state index contributed by atoms with van der Waals surface area (Å²) < 4.78 is 11.3. The van der Waals surface area contributed by atoms with Crippen molar-refractivity contribution in [2.75, 3.05) is 13.1 Å². The van der Waals surface area contributed by atoms with E-state index >= 15 is 0 Å². The first-order valence-electron chi connectivity index (χ1n) is 9.76. The number of rotatable bonds is 2. The van der Waals surface area contributed by atoms with Crippen LogP contribution in [0.5, 0.6) is 11.5 Å². The minimum atomic E-state index is -0.546. The van der Waals surface area contributed by atoms with Gasteiger partial charge in [0.25, 0.3) is 5.91 Å². The van der Waals surface area contributed by atoms with Crippen LogP contribution >= 0.6 is 0 Å². The number of carbonyl (C=O) groups excluding carboxylic acids is 3. The summed E-state index contributed by atoms with van der Waals surface area (Å²) in [6.07, 6.45) is 1.54. The topological polar surface area (TPSA) is 72.9 Å². The minimum Gasteiger partial charge on any atom is -0.486 e. The highest BCUT2D eigenvalue weighted by molar-refractivity contribution is 6.00. The van der Waals surface area contributed by atoms with Crippen molar-refractivity contribution in [2.24, 2.45) is 0 Å². The Bertz CT molecular complexity index is 989. The van der Waals surface area contributed by atoms with Crippen molar-refractivity contribution in [3.63, 3.8) is 0 Å². The maximum absolute atomic E-state index is 12.9. The molecule has 150 valence electrons. The van der Waals surface area contributed by atoms with E-state index in [0.29, 0.717) is 55.0 Å². The molecule has 6 heteroatoms. The minimum absolute atomic E-state index is 0.101. The molecule has 1 saturated heterocycles. The van der Waals surface area contributed by atoms with E-state index in [-0.39, 0.29) is 11.7 Å². The molecular weight excluding hydrogens is 370 g/mol. The van der Waals surface area contributed by atoms with Crippen LogP contribution in [0.1, 0.15) is 52.5 Å². The lowest BCUT2D eigenvalue weighted by atomic mass is 9.82. The van der Waals surface area contributed by atoms with Crippen LogP contribution in [0.2, 0.25) is 0 Å². The quantitative estimate of drug-likeness (QED) is 0.576. The molecule has 0 atom stereocenters. The van der Waals surface area contributed by atoms with Gasteiger partial charge in [-0.05, 0) is 37.3 Å². The molecule has 6 nitrogen and oxygen atoms in total. The van der Waals surface area contributed by atoms with Gasteiger partial charge in [0.2, 0.25) is 0 Å². The van der Waals surface area contributed by atoms with Crippen molar-refractivity contribution in [2.45, 2.75) is 38.7 Å². The fraction of sp³-hybridized carbons (Fsp3) is 0.348. The number of hydrogen-bond donors (Lipinski definition) is 0. The highest BCUT2D eigenvalue weighted by atomic mass is 16.5. The number of likely N-dealkylation sites (tertiary alicyclic amines) is 1. The zero-order valence-electron chi connectivity index (χ0n) is 16.6. The first kappa shape index (κ1) is 19.2. The maximum Gasteiger partial charge on any atom is 0.308 e. The third-order valence-corrected chi connectivity index (χ3v) is 5.55. The summed E-state index contributed by atoms with van der Waals surface area (Å²) in [6.45, 7) is 4.29. The Labute approximate surface area is 169 Å². The number of Topliss-reactive ketones (excluding diaryl/α,β-unsaturated/α-hetero) is 1. The summed E-state index contributed by atoms with van der Waals surface area (Å²) in [7, 11) is 0. The molecule has 1 spiro atoms. The summed E-state index contributed by atoms with van der Waals surface area (Å²) in [5, 5.41) is 0. The SMILES string of the molecule is CC(=O)Oc1cccc(C(=O)N2CCC3(CC2)CC(=O)c2cc(C)ccc2O3)c1. The number of piperidine rings is 1. The number of fused-ring (bicyclic) bond motifs is 1. The Morgan fingerprint density at radius 1 is 1.10 bits per heavy atom. The van der Waals surface area contributed by atoms with Crippen LogP contribution in [-0.2, 0) is 4.79 Å². The van der Waals surface area contributed by atoms with Crippen LogP contribution in [0, 0.1) is 6.92 Å². The number of ether oxygens (including phenoxy) is 2. The molecule has 2 aromatic carbocycles. The van der Waals surface area contributed by atoms with Gasteiger partial charge in [0.05, 0.1) is 12.0 Å². The number of ketones is 1. The largest absolute Gasteiger partial charge is 0.486 e. The van der Waals surface area contributed by atoms with E-state index in [1.165, 1.54) is 6.92 Å². The van der Waals surface area contributed by atoms with Crippen LogP contribution in [-0.4, -0.2) is 41.3 Å². The summed E-state index contributed by atoms with van der Waals surface area (Å²) in [4.78, 5) is 38.5. The fourth-order valence-corrected chi connectivity index (χ4v) is 4.05. The third-order valence-electron chi connectivity index (χ3n) is 5.55. The number of esters is 1. The maximum atomic E-state index is 12.9. The van der Waals surface area contributed by atoms with Crippen molar-refractivity contribution < 1.29 is 23.9 Å². The van der Waals surface area contributed by atoms with E-state index in [2.05, 4.69) is 0 Å². The van der Waals surface area contributed by atoms with Crippen molar-refractivity contribution in [3.8, 4) is 11.5 Å². The van der Waals surface area contributed by atoms with Gasteiger partial charge >= 0.3 is 5.97 Å². The Balaban J connectivity index is 1.46. The molecule has 2 aliphatic heterocycles. The van der Waals surface area contributed by atoms with Gasteiger partial charge in [-0.25, -0.2) is 0 Å². The molecule has 29 heavy (non-hydrogen) atoms. The first-order chi connectivity index (χ1) is 13.8. The van der Waals surface area contributed by atoms with Crippen molar-refractivity contribution in [3.05, 3.63) is 59.2 Å². The van der Waals surface area contributed by atoms with E-state index in [9.17, 15) is 14.4 Å². The van der Waals surface area contributed by atoms with Gasteiger partial charge in [0.15, 0.2) is 5.78 Å². The summed E-state index contributed by atoms with van der Waals surface area (Å²) in [6, 6.07) is 12.3. The molecule has 0 aromatic heterocycles. The molecule has 1 fully saturated rings. The molecule has 0 bridgehead atoms. The van der Waals surface area contributed by atoms with Crippen molar-refractivity contribution in [1.82, 2.24) is 4.90 Å². The van der Waals surface area contributed by atoms with Crippen LogP contribution < -0.4 is 9.47 Å². The van der Waals surface area contributed by atoms with E-state index in [0.717, 1.165) is 5.56 Å². The number of aryl methyl sites for hydroxylation is 1. The number of carbonyl (C=O) groups is 3. The lowest BCUT2D eigenvalue weighted by Crippen LogP contribution is -2.52. The molecule has 2 aromatic rings. The second-order valence-electron chi connectivity index (χ2n) is 7.80. The van der Waals surface area contributed by atoms with E-state index in [4.69, 9.17) is 9.47 Å². The summed E-state index contributed by atoms with van der Waals surface area (Å²) in [5.74, 6) is 0.547. The van der Waals surface area contributed by atoms with Crippen LogP contribution in [0.4, 0.5) is 0 Å². The predicted molar refractivity (Wildman–Crippen MR) is 106 cm³/mol. The highest BCUT2D eigenvalue weighted by Crippen LogP contribution is 2.39. The molecule has 0 aliphatic carbocycles. The van der Waals surface area contributed by atoms with Gasteiger partial charge in [0, 0.05) is 38.4 Å². The smallest absolute Gasteiger partial charge is 0.308 e. The van der Waals surface area contributed by atoms with Crippen LogP contribution in [0.25, 0.3) is 0 Å². The van der Waals surface area contributed by atoms with Crippen LogP contribution in [0.3, 0.4) is 0 Å². The molecular formula is C23H23NO5. The third kappa shape index (κ3) is 3.88. The average molecular weight is 393 g/mol. The lowest BCUT2D eigenvalue weighted by molar-refractivity contribution is -0.131. The molecule has 1 amide bonds. The highest BCUT2D eigenvalue weighted by Gasteiger charge is 2.43. The van der Waals surface area contributed by atoms with Gasteiger partial charge < -0.3 is 14.4 Å². The molecule has 0 unspecified atom stereocenters. The number of benzene rings is 2. The number of nitrogens with zero attached hydrogens (tertiary/aromatic N) is 1. The Hall–Kier alpha value is -3.15. The number of amides is 1. The number of hydrogen-bond acceptors (Lipinski definition) is 5. The standard InChI is InChI=1S/C23H23NO5/c1-15-6-7-21-19(12-15)20(26)14-23(29-21)8-10-24(11-9-23)22(27)17-4-3-5-18(13-17)28-16(2)25/h3-7,12-13H,8-11,14H2,1-2H3. The summed E-state index contributed by atoms with van der Waals surface area (Å²) in [5.41, 5.74) is 1.61. The molecule has 0 saturated carbocycles. The summed E-state index contributed by atoms with van der Waals surface area (Å²) >= 11 is 0. The van der Waals surface area contributed by atoms with Crippen LogP contribution in [0.15, 0.2) is 42.5 Å². The Morgan fingerprint density at radius 3 is 2.59 bits per heavy atom. The second-order valence-corrected chi connectivity index (χ2v) is 7.80. The van der Waals surface area contributed by atoms with Gasteiger partial charge in [-0.15, -0.1) is 0 Å². The van der Waals surface area contributed by atoms with E-state index in [1.807, 2.05) is 25.1 Å². The Morgan fingerprint density at radius 2 is 1.86 bits per heavy atom. The van der Waals surface area contributed by atoms with Gasteiger partial charge in [-0.3, -0.25) is 14.4 Å². The molecule has 2 heterocycles. The van der Waals surface area contributed by atoms with E-state index in [1.54, 1.807) is 29.2 Å². The zero-order chi connectivity index (χ0) is 20.6. The molecule has 2 aliphatic rings.